The third-order valence-corrected chi connectivity index (χ3v) is 3.95. The van der Waals surface area contributed by atoms with Crippen LogP contribution in [0.15, 0.2) is 36.5 Å². The van der Waals surface area contributed by atoms with E-state index in [2.05, 4.69) is 27.1 Å². The van der Waals surface area contributed by atoms with Crippen LogP contribution in [-0.4, -0.2) is 41.7 Å². The van der Waals surface area contributed by atoms with E-state index in [-0.39, 0.29) is 12.0 Å². The van der Waals surface area contributed by atoms with Crippen molar-refractivity contribution < 1.29 is 9.53 Å². The lowest BCUT2D eigenvalue weighted by molar-refractivity contribution is 0.0529. The highest BCUT2D eigenvalue weighted by atomic mass is 16.5. The van der Waals surface area contributed by atoms with E-state index < -0.39 is 0 Å². The Morgan fingerprint density at radius 3 is 2.96 bits per heavy atom. The number of aromatic nitrogens is 2. The summed E-state index contributed by atoms with van der Waals surface area (Å²) in [7, 11) is 0. The molecule has 6 heteroatoms. The number of nitrogens with zero attached hydrogens (tertiary/aromatic N) is 3. The zero-order valence-electron chi connectivity index (χ0n) is 14.0. The Kier molecular flexibility index (Phi) is 5.05. The van der Waals surface area contributed by atoms with E-state index in [1.807, 2.05) is 31.2 Å². The van der Waals surface area contributed by atoms with Gasteiger partial charge in [0.15, 0.2) is 0 Å². The van der Waals surface area contributed by atoms with Crippen LogP contribution < -0.4 is 10.2 Å². The first-order valence-corrected chi connectivity index (χ1v) is 8.15. The fourth-order valence-electron chi connectivity index (χ4n) is 2.68. The summed E-state index contributed by atoms with van der Waals surface area (Å²) < 4.78 is 5.55. The smallest absolute Gasteiger partial charge is 0.270 e. The van der Waals surface area contributed by atoms with Gasteiger partial charge in [0.05, 0.1) is 12.7 Å². The maximum Gasteiger partial charge on any atom is 0.270 e. The lowest BCUT2D eigenvalue weighted by atomic mass is 10.2. The number of nitrogens with one attached hydrogen (secondary N) is 1. The summed E-state index contributed by atoms with van der Waals surface area (Å²) in [5.74, 6) is 0.769. The highest BCUT2D eigenvalue weighted by molar-refractivity contribution is 5.92. The Morgan fingerprint density at radius 2 is 2.25 bits per heavy atom. The fourth-order valence-corrected chi connectivity index (χ4v) is 2.68. The van der Waals surface area contributed by atoms with Gasteiger partial charge in [-0.15, -0.1) is 0 Å². The van der Waals surface area contributed by atoms with Crippen molar-refractivity contribution >= 4 is 11.7 Å². The second-order valence-corrected chi connectivity index (χ2v) is 6.00. The summed E-state index contributed by atoms with van der Waals surface area (Å²) in [4.78, 5) is 23.0. The summed E-state index contributed by atoms with van der Waals surface area (Å²) in [5, 5.41) is 2.87. The maximum atomic E-state index is 12.1. The molecule has 126 valence electrons. The zero-order valence-corrected chi connectivity index (χ0v) is 14.0. The standard InChI is InChI=1S/C18H22N4O2/c1-13-4-3-5-16(21-13)18(23)20-11-15-6-7-17(19-10-15)22-8-9-24-14(2)12-22/h3-7,10,14H,8-9,11-12H2,1-2H3,(H,20,23). The molecule has 1 N–H and O–H groups in total. The van der Waals surface area contributed by atoms with Gasteiger partial charge in [-0.2, -0.15) is 0 Å². The number of carbonyl (C=O) groups is 1. The molecule has 0 saturated carbocycles. The van der Waals surface area contributed by atoms with Crippen molar-refractivity contribution in [1.29, 1.82) is 0 Å². The largest absolute Gasteiger partial charge is 0.375 e. The molecule has 1 amide bonds. The molecular formula is C18H22N4O2. The van der Waals surface area contributed by atoms with Crippen molar-refractivity contribution in [3.63, 3.8) is 0 Å². The Hall–Kier alpha value is -2.47. The topological polar surface area (TPSA) is 67.4 Å². The molecule has 3 rings (SSSR count). The normalized spacial score (nSPS) is 17.6. The molecule has 0 radical (unpaired) electrons. The molecule has 0 spiro atoms. The van der Waals surface area contributed by atoms with E-state index >= 15 is 0 Å². The zero-order chi connectivity index (χ0) is 16.9. The molecule has 1 aliphatic heterocycles. The molecule has 1 aliphatic rings. The highest BCUT2D eigenvalue weighted by Crippen LogP contribution is 2.15. The fraction of sp³-hybridized carbons (Fsp3) is 0.389. The number of hydrogen-bond donors (Lipinski definition) is 1. The van der Waals surface area contributed by atoms with Gasteiger partial charge in [0, 0.05) is 31.5 Å². The van der Waals surface area contributed by atoms with Gasteiger partial charge < -0.3 is 15.0 Å². The molecule has 6 nitrogen and oxygen atoms in total. The molecule has 0 aliphatic carbocycles. The first-order chi connectivity index (χ1) is 11.6. The van der Waals surface area contributed by atoms with E-state index in [0.29, 0.717) is 12.2 Å². The van der Waals surface area contributed by atoms with Gasteiger partial charge in [-0.3, -0.25) is 4.79 Å². The number of morpholine rings is 1. The van der Waals surface area contributed by atoms with Gasteiger partial charge in [-0.1, -0.05) is 12.1 Å². The van der Waals surface area contributed by atoms with Crippen LogP contribution in [0.25, 0.3) is 0 Å². The van der Waals surface area contributed by atoms with Crippen LogP contribution in [0.1, 0.15) is 28.7 Å². The van der Waals surface area contributed by atoms with E-state index in [9.17, 15) is 4.79 Å². The molecule has 1 unspecified atom stereocenters. The lowest BCUT2D eigenvalue weighted by Crippen LogP contribution is -2.41. The summed E-state index contributed by atoms with van der Waals surface area (Å²) in [6, 6.07) is 9.39. The SMILES string of the molecule is Cc1cccc(C(=O)NCc2ccc(N3CCOC(C)C3)nc2)n1. The summed E-state index contributed by atoms with van der Waals surface area (Å²) >= 11 is 0. The van der Waals surface area contributed by atoms with Gasteiger partial charge in [0.25, 0.3) is 5.91 Å². The van der Waals surface area contributed by atoms with Crippen molar-refractivity contribution in [2.24, 2.45) is 0 Å². The van der Waals surface area contributed by atoms with Crippen LogP contribution >= 0.6 is 0 Å². The van der Waals surface area contributed by atoms with Crippen LogP contribution in [0, 0.1) is 6.92 Å². The van der Waals surface area contributed by atoms with Gasteiger partial charge in [0.1, 0.15) is 11.5 Å². The van der Waals surface area contributed by atoms with Crippen molar-refractivity contribution in [3.05, 3.63) is 53.5 Å². The third kappa shape index (κ3) is 4.08. The number of amides is 1. The second kappa shape index (κ2) is 7.40. The van der Waals surface area contributed by atoms with E-state index in [1.54, 1.807) is 12.3 Å². The van der Waals surface area contributed by atoms with Crippen LogP contribution in [0.4, 0.5) is 5.82 Å². The number of ether oxygens (including phenoxy) is 1. The van der Waals surface area contributed by atoms with Crippen molar-refractivity contribution in [1.82, 2.24) is 15.3 Å². The van der Waals surface area contributed by atoms with Crippen LogP contribution in [0.2, 0.25) is 0 Å². The second-order valence-electron chi connectivity index (χ2n) is 6.00. The number of hydrogen-bond acceptors (Lipinski definition) is 5. The number of aryl methyl sites for hydroxylation is 1. The summed E-state index contributed by atoms with van der Waals surface area (Å²) in [5.41, 5.74) is 2.22. The predicted molar refractivity (Wildman–Crippen MR) is 92.0 cm³/mol. The van der Waals surface area contributed by atoms with Crippen molar-refractivity contribution in [3.8, 4) is 0 Å². The maximum absolute atomic E-state index is 12.1. The minimum atomic E-state index is -0.176. The minimum Gasteiger partial charge on any atom is -0.375 e. The number of carbonyl (C=O) groups excluding carboxylic acids is 1. The molecule has 1 saturated heterocycles. The Morgan fingerprint density at radius 1 is 1.38 bits per heavy atom. The average Bonchev–Trinajstić information content (AvgIpc) is 2.60. The molecule has 0 bridgehead atoms. The van der Waals surface area contributed by atoms with E-state index in [0.717, 1.165) is 36.8 Å². The van der Waals surface area contributed by atoms with Gasteiger partial charge >= 0.3 is 0 Å². The van der Waals surface area contributed by atoms with Gasteiger partial charge in [0.2, 0.25) is 0 Å². The van der Waals surface area contributed by atoms with E-state index in [4.69, 9.17) is 4.74 Å². The molecule has 2 aromatic heterocycles. The summed E-state index contributed by atoms with van der Waals surface area (Å²) in [6.07, 6.45) is 2.03. The lowest BCUT2D eigenvalue weighted by Gasteiger charge is -2.32. The van der Waals surface area contributed by atoms with Crippen LogP contribution in [0.5, 0.6) is 0 Å². The third-order valence-electron chi connectivity index (χ3n) is 3.95. The van der Waals surface area contributed by atoms with Crippen LogP contribution in [-0.2, 0) is 11.3 Å². The van der Waals surface area contributed by atoms with Crippen molar-refractivity contribution in [2.45, 2.75) is 26.5 Å². The van der Waals surface area contributed by atoms with Gasteiger partial charge in [-0.25, -0.2) is 9.97 Å². The molecule has 2 aromatic rings. The molecule has 1 atom stereocenters. The molecule has 3 heterocycles. The highest BCUT2D eigenvalue weighted by Gasteiger charge is 2.17. The Bertz CT molecular complexity index is 702. The van der Waals surface area contributed by atoms with Gasteiger partial charge in [-0.05, 0) is 37.6 Å². The minimum absolute atomic E-state index is 0.176. The van der Waals surface area contributed by atoms with Crippen LogP contribution in [0.3, 0.4) is 0 Å². The molecular weight excluding hydrogens is 304 g/mol. The number of rotatable bonds is 4. The first kappa shape index (κ1) is 16.4. The van der Waals surface area contributed by atoms with E-state index in [1.165, 1.54) is 0 Å². The summed E-state index contributed by atoms with van der Waals surface area (Å²) in [6.45, 7) is 6.79. The molecule has 1 fully saturated rings. The Balaban J connectivity index is 1.57. The Labute approximate surface area is 141 Å². The first-order valence-electron chi connectivity index (χ1n) is 8.15. The average molecular weight is 326 g/mol. The molecule has 24 heavy (non-hydrogen) atoms. The predicted octanol–water partition coefficient (Wildman–Crippen LogP) is 1.94. The van der Waals surface area contributed by atoms with Crippen molar-refractivity contribution in [2.75, 3.05) is 24.6 Å². The quantitative estimate of drug-likeness (QED) is 0.930. The number of pyridine rings is 2. The molecule has 0 aromatic carbocycles. The monoisotopic (exact) mass is 326 g/mol. The number of anilines is 1.